The Morgan fingerprint density at radius 3 is 2.64 bits per heavy atom. The number of rotatable bonds is 3. The Balaban J connectivity index is 0.00000176. The van der Waals surface area contributed by atoms with Gasteiger partial charge in [-0.15, -0.1) is 12.4 Å². The quantitative estimate of drug-likeness (QED) is 0.929. The fourth-order valence-corrected chi connectivity index (χ4v) is 2.45. The maximum Gasteiger partial charge on any atom is 0.274 e. The number of ether oxygens (including phenoxy) is 1. The van der Waals surface area contributed by atoms with Gasteiger partial charge in [0.25, 0.3) is 5.91 Å². The Morgan fingerprint density at radius 1 is 1.32 bits per heavy atom. The number of amides is 1. The number of likely N-dealkylation sites (tertiary alicyclic amines) is 1. The first-order valence-corrected chi connectivity index (χ1v) is 6.92. The van der Waals surface area contributed by atoms with Gasteiger partial charge in [-0.25, -0.2) is 4.68 Å². The molecule has 1 amide bonds. The lowest BCUT2D eigenvalue weighted by molar-refractivity contribution is 0.0784. The van der Waals surface area contributed by atoms with Crippen molar-refractivity contribution in [3.05, 3.63) is 42.2 Å². The van der Waals surface area contributed by atoms with Crippen molar-refractivity contribution in [1.82, 2.24) is 14.7 Å². The minimum atomic E-state index is -0.0600. The average Bonchev–Trinajstić information content (AvgIpc) is 3.16. The molecule has 0 saturated carbocycles. The Kier molecular flexibility index (Phi) is 5.05. The number of methoxy groups -OCH3 is 1. The number of nitrogens with zero attached hydrogens (tertiary/aromatic N) is 3. The lowest BCUT2D eigenvalue weighted by atomic mass is 10.3. The summed E-state index contributed by atoms with van der Waals surface area (Å²) in [6.45, 7) is 1.31. The van der Waals surface area contributed by atoms with Crippen LogP contribution in [-0.2, 0) is 0 Å². The second kappa shape index (κ2) is 6.81. The van der Waals surface area contributed by atoms with Crippen molar-refractivity contribution < 1.29 is 9.53 Å². The van der Waals surface area contributed by atoms with Gasteiger partial charge in [-0.1, -0.05) is 0 Å². The second-order valence-electron chi connectivity index (χ2n) is 5.14. The standard InChI is InChI=1S/C15H18N4O2.ClH/c1-21-13-4-2-12(3-5-13)19-9-7-14(17-19)15(20)18-8-6-11(16)10-18;/h2-5,7,9,11H,6,8,10,16H2,1H3;1H. The summed E-state index contributed by atoms with van der Waals surface area (Å²) in [5.74, 6) is 0.725. The van der Waals surface area contributed by atoms with Gasteiger partial charge in [-0.05, 0) is 36.8 Å². The number of halogens is 1. The number of carbonyl (C=O) groups excluding carboxylic acids is 1. The van der Waals surface area contributed by atoms with Crippen LogP contribution in [0.25, 0.3) is 5.69 Å². The number of hydrogen-bond donors (Lipinski definition) is 1. The predicted octanol–water partition coefficient (Wildman–Crippen LogP) is 1.48. The van der Waals surface area contributed by atoms with E-state index in [1.165, 1.54) is 0 Å². The van der Waals surface area contributed by atoms with Gasteiger partial charge in [-0.3, -0.25) is 4.79 Å². The van der Waals surface area contributed by atoms with E-state index in [2.05, 4.69) is 5.10 Å². The molecule has 0 bridgehead atoms. The Bertz CT molecular complexity index is 641. The van der Waals surface area contributed by atoms with E-state index in [0.29, 0.717) is 18.8 Å². The molecule has 3 rings (SSSR count). The summed E-state index contributed by atoms with van der Waals surface area (Å²) in [5, 5.41) is 4.35. The first-order valence-electron chi connectivity index (χ1n) is 6.92. The molecule has 1 aromatic heterocycles. The van der Waals surface area contributed by atoms with Crippen LogP contribution < -0.4 is 10.5 Å². The van der Waals surface area contributed by atoms with Crippen molar-refractivity contribution in [2.24, 2.45) is 5.73 Å². The summed E-state index contributed by atoms with van der Waals surface area (Å²) in [6.07, 6.45) is 2.63. The summed E-state index contributed by atoms with van der Waals surface area (Å²) in [6, 6.07) is 9.32. The van der Waals surface area contributed by atoms with Crippen LogP contribution >= 0.6 is 12.4 Å². The SMILES string of the molecule is COc1ccc(-n2ccc(C(=O)N3CCC(N)C3)n2)cc1.Cl. The topological polar surface area (TPSA) is 73.4 Å². The number of benzene rings is 1. The molecule has 2 N–H and O–H groups in total. The molecule has 0 aliphatic carbocycles. The third kappa shape index (κ3) is 3.23. The van der Waals surface area contributed by atoms with Crippen molar-refractivity contribution in [2.75, 3.05) is 20.2 Å². The van der Waals surface area contributed by atoms with Crippen LogP contribution in [0.2, 0.25) is 0 Å². The van der Waals surface area contributed by atoms with E-state index < -0.39 is 0 Å². The molecule has 1 atom stereocenters. The summed E-state index contributed by atoms with van der Waals surface area (Å²) < 4.78 is 6.81. The van der Waals surface area contributed by atoms with Gasteiger partial charge in [0.05, 0.1) is 12.8 Å². The molecule has 22 heavy (non-hydrogen) atoms. The number of hydrogen-bond acceptors (Lipinski definition) is 4. The van der Waals surface area contributed by atoms with Crippen LogP contribution in [0.4, 0.5) is 0 Å². The molecule has 1 unspecified atom stereocenters. The monoisotopic (exact) mass is 322 g/mol. The molecule has 1 aliphatic heterocycles. The average molecular weight is 323 g/mol. The van der Waals surface area contributed by atoms with E-state index in [9.17, 15) is 4.79 Å². The summed E-state index contributed by atoms with van der Waals surface area (Å²) >= 11 is 0. The van der Waals surface area contributed by atoms with Crippen LogP contribution in [0, 0.1) is 0 Å². The van der Waals surface area contributed by atoms with Gasteiger partial charge in [0.1, 0.15) is 5.75 Å². The van der Waals surface area contributed by atoms with E-state index in [-0.39, 0.29) is 24.4 Å². The second-order valence-corrected chi connectivity index (χ2v) is 5.14. The summed E-state index contributed by atoms with van der Waals surface area (Å²) in [7, 11) is 1.63. The lowest BCUT2D eigenvalue weighted by Crippen LogP contribution is -2.32. The molecule has 1 aromatic carbocycles. The maximum atomic E-state index is 12.3. The largest absolute Gasteiger partial charge is 0.497 e. The van der Waals surface area contributed by atoms with Gasteiger partial charge in [-0.2, -0.15) is 5.10 Å². The molecular formula is C15H19ClN4O2. The van der Waals surface area contributed by atoms with Crippen LogP contribution in [-0.4, -0.2) is 46.8 Å². The fraction of sp³-hybridized carbons (Fsp3) is 0.333. The van der Waals surface area contributed by atoms with Crippen molar-refractivity contribution in [2.45, 2.75) is 12.5 Å². The molecule has 1 aliphatic rings. The Hall–Kier alpha value is -2.05. The van der Waals surface area contributed by atoms with Crippen LogP contribution in [0.5, 0.6) is 5.75 Å². The van der Waals surface area contributed by atoms with Gasteiger partial charge < -0.3 is 15.4 Å². The highest BCUT2D eigenvalue weighted by atomic mass is 35.5. The highest BCUT2D eigenvalue weighted by Crippen LogP contribution is 2.16. The van der Waals surface area contributed by atoms with Crippen molar-refractivity contribution in [1.29, 1.82) is 0 Å². The molecule has 2 aromatic rings. The predicted molar refractivity (Wildman–Crippen MR) is 85.9 cm³/mol. The molecule has 1 fully saturated rings. The lowest BCUT2D eigenvalue weighted by Gasteiger charge is -2.13. The fourth-order valence-electron chi connectivity index (χ4n) is 2.45. The van der Waals surface area contributed by atoms with Crippen molar-refractivity contribution in [3.8, 4) is 11.4 Å². The smallest absolute Gasteiger partial charge is 0.274 e. The molecule has 1 saturated heterocycles. The zero-order valence-corrected chi connectivity index (χ0v) is 13.1. The Morgan fingerprint density at radius 2 is 2.05 bits per heavy atom. The van der Waals surface area contributed by atoms with Gasteiger partial charge in [0.15, 0.2) is 5.69 Å². The zero-order chi connectivity index (χ0) is 14.8. The third-order valence-corrected chi connectivity index (χ3v) is 3.66. The van der Waals surface area contributed by atoms with Crippen LogP contribution in [0.3, 0.4) is 0 Å². The molecular weight excluding hydrogens is 304 g/mol. The van der Waals surface area contributed by atoms with E-state index >= 15 is 0 Å². The van der Waals surface area contributed by atoms with Gasteiger partial charge in [0, 0.05) is 25.3 Å². The molecule has 6 nitrogen and oxygen atoms in total. The van der Waals surface area contributed by atoms with Gasteiger partial charge >= 0.3 is 0 Å². The van der Waals surface area contributed by atoms with Crippen molar-refractivity contribution in [3.63, 3.8) is 0 Å². The third-order valence-electron chi connectivity index (χ3n) is 3.66. The van der Waals surface area contributed by atoms with E-state index in [1.807, 2.05) is 24.3 Å². The Labute approximate surface area is 135 Å². The molecule has 118 valence electrons. The normalized spacial score (nSPS) is 17.2. The van der Waals surface area contributed by atoms with E-state index in [1.54, 1.807) is 29.0 Å². The molecule has 0 radical (unpaired) electrons. The molecule has 7 heteroatoms. The van der Waals surface area contributed by atoms with Crippen LogP contribution in [0.15, 0.2) is 36.5 Å². The summed E-state index contributed by atoms with van der Waals surface area (Å²) in [5.41, 5.74) is 7.16. The molecule has 2 heterocycles. The van der Waals surface area contributed by atoms with E-state index in [4.69, 9.17) is 10.5 Å². The number of carbonyl (C=O) groups is 1. The number of nitrogens with two attached hydrogens (primary N) is 1. The highest BCUT2D eigenvalue weighted by molar-refractivity contribution is 5.92. The first-order chi connectivity index (χ1) is 10.2. The minimum absolute atomic E-state index is 0. The first kappa shape index (κ1) is 16.3. The maximum absolute atomic E-state index is 12.3. The van der Waals surface area contributed by atoms with E-state index in [0.717, 1.165) is 17.9 Å². The van der Waals surface area contributed by atoms with Gasteiger partial charge in [0.2, 0.25) is 0 Å². The zero-order valence-electron chi connectivity index (χ0n) is 12.3. The summed E-state index contributed by atoms with van der Waals surface area (Å²) in [4.78, 5) is 14.1. The molecule has 0 spiro atoms. The van der Waals surface area contributed by atoms with Crippen LogP contribution in [0.1, 0.15) is 16.9 Å². The van der Waals surface area contributed by atoms with Crippen molar-refractivity contribution >= 4 is 18.3 Å². The number of aromatic nitrogens is 2. The highest BCUT2D eigenvalue weighted by Gasteiger charge is 2.25. The minimum Gasteiger partial charge on any atom is -0.497 e.